The zero-order chi connectivity index (χ0) is 21.1. The summed E-state index contributed by atoms with van der Waals surface area (Å²) in [6, 6.07) is 14.9. The van der Waals surface area contributed by atoms with Gasteiger partial charge in [-0.05, 0) is 30.3 Å². The van der Waals surface area contributed by atoms with E-state index in [1.807, 2.05) is 23.1 Å². The number of aromatic nitrogens is 2. The molecule has 0 saturated carbocycles. The van der Waals surface area contributed by atoms with Crippen LogP contribution in [0.25, 0.3) is 0 Å². The fourth-order valence-corrected chi connectivity index (χ4v) is 3.85. The minimum absolute atomic E-state index is 0.0831. The molecule has 1 aromatic heterocycles. The fraction of sp³-hybridized carbons (Fsp3) is 0.200. The maximum absolute atomic E-state index is 11.9. The quantitative estimate of drug-likeness (QED) is 0.448. The van der Waals surface area contributed by atoms with Crippen LogP contribution in [0.15, 0.2) is 54.9 Å². The molecule has 0 spiro atoms. The molecule has 30 heavy (non-hydrogen) atoms. The number of nitrogens with zero attached hydrogens (tertiary/aromatic N) is 5. The summed E-state index contributed by atoms with van der Waals surface area (Å²) in [5.74, 6) is 0.370. The highest BCUT2D eigenvalue weighted by Crippen LogP contribution is 2.36. The largest absolute Gasteiger partial charge is 0.368 e. The van der Waals surface area contributed by atoms with E-state index < -0.39 is 4.92 Å². The summed E-state index contributed by atoms with van der Waals surface area (Å²) in [7, 11) is 0. The molecule has 8 nitrogen and oxygen atoms in total. The van der Waals surface area contributed by atoms with Crippen molar-refractivity contribution in [2.75, 3.05) is 41.3 Å². The monoisotopic (exact) mass is 444 g/mol. The number of piperazine rings is 1. The third-order valence-corrected chi connectivity index (χ3v) is 5.42. The van der Waals surface area contributed by atoms with Gasteiger partial charge in [0, 0.05) is 36.9 Å². The number of benzene rings is 2. The SMILES string of the molecule is O=[N+]([O-])c1c(Nc2ccc(Cl)cc2Cl)ncnc1N1CCN(c2ccccc2)CC1. The second-order valence-corrected chi connectivity index (χ2v) is 7.55. The van der Waals surface area contributed by atoms with Crippen LogP contribution >= 0.6 is 23.2 Å². The fourth-order valence-electron chi connectivity index (χ4n) is 3.39. The van der Waals surface area contributed by atoms with E-state index in [0.29, 0.717) is 28.8 Å². The molecule has 10 heteroatoms. The van der Waals surface area contributed by atoms with Gasteiger partial charge in [-0.2, -0.15) is 0 Å². The van der Waals surface area contributed by atoms with E-state index in [2.05, 4.69) is 32.3 Å². The first kappa shape index (κ1) is 20.2. The molecule has 1 aliphatic rings. The molecule has 1 N–H and O–H groups in total. The van der Waals surface area contributed by atoms with Crippen molar-refractivity contribution in [2.24, 2.45) is 0 Å². The Balaban J connectivity index is 1.58. The van der Waals surface area contributed by atoms with Crippen molar-refractivity contribution in [3.63, 3.8) is 0 Å². The van der Waals surface area contributed by atoms with Gasteiger partial charge in [0.25, 0.3) is 0 Å². The molecule has 0 amide bonds. The van der Waals surface area contributed by atoms with Crippen molar-refractivity contribution in [1.29, 1.82) is 0 Å². The van der Waals surface area contributed by atoms with Crippen LogP contribution < -0.4 is 15.1 Å². The maximum atomic E-state index is 11.9. The summed E-state index contributed by atoms with van der Waals surface area (Å²) in [4.78, 5) is 23.9. The van der Waals surface area contributed by atoms with Crippen LogP contribution in [-0.4, -0.2) is 41.1 Å². The van der Waals surface area contributed by atoms with Crippen LogP contribution in [0.3, 0.4) is 0 Å². The molecule has 0 bridgehead atoms. The van der Waals surface area contributed by atoms with E-state index >= 15 is 0 Å². The predicted molar refractivity (Wildman–Crippen MR) is 119 cm³/mol. The first-order valence-electron chi connectivity index (χ1n) is 9.29. The molecular weight excluding hydrogens is 427 g/mol. The third kappa shape index (κ3) is 4.24. The molecule has 0 aliphatic carbocycles. The van der Waals surface area contributed by atoms with Crippen LogP contribution in [0.2, 0.25) is 10.0 Å². The number of hydrogen-bond donors (Lipinski definition) is 1. The van der Waals surface area contributed by atoms with Gasteiger partial charge in [-0.15, -0.1) is 0 Å². The minimum Gasteiger partial charge on any atom is -0.368 e. The normalized spacial score (nSPS) is 13.9. The van der Waals surface area contributed by atoms with Gasteiger partial charge in [0.15, 0.2) is 0 Å². The zero-order valence-electron chi connectivity index (χ0n) is 15.8. The molecule has 4 rings (SSSR count). The van der Waals surface area contributed by atoms with Gasteiger partial charge in [0.1, 0.15) is 6.33 Å². The van der Waals surface area contributed by atoms with E-state index in [4.69, 9.17) is 23.2 Å². The highest BCUT2D eigenvalue weighted by atomic mass is 35.5. The third-order valence-electron chi connectivity index (χ3n) is 4.87. The zero-order valence-corrected chi connectivity index (χ0v) is 17.3. The molecule has 1 fully saturated rings. The van der Waals surface area contributed by atoms with Crippen molar-refractivity contribution in [1.82, 2.24) is 9.97 Å². The minimum atomic E-state index is -0.467. The van der Waals surface area contributed by atoms with Crippen molar-refractivity contribution in [2.45, 2.75) is 0 Å². The molecule has 0 atom stereocenters. The van der Waals surface area contributed by atoms with E-state index in [1.54, 1.807) is 18.2 Å². The number of para-hydroxylation sites is 1. The maximum Gasteiger partial charge on any atom is 0.353 e. The summed E-state index contributed by atoms with van der Waals surface area (Å²) in [5, 5.41) is 15.7. The number of hydrogen-bond acceptors (Lipinski definition) is 7. The molecule has 154 valence electrons. The lowest BCUT2D eigenvalue weighted by Crippen LogP contribution is -2.47. The molecule has 1 aliphatic heterocycles. The second-order valence-electron chi connectivity index (χ2n) is 6.71. The lowest BCUT2D eigenvalue weighted by atomic mass is 10.2. The van der Waals surface area contributed by atoms with Crippen LogP contribution in [0.4, 0.5) is 28.7 Å². The molecular formula is C20H18Cl2N6O2. The Morgan fingerprint density at radius 1 is 0.967 bits per heavy atom. The summed E-state index contributed by atoms with van der Waals surface area (Å²) in [5.41, 5.74) is 1.42. The van der Waals surface area contributed by atoms with Gasteiger partial charge in [-0.25, -0.2) is 9.97 Å². The highest BCUT2D eigenvalue weighted by Gasteiger charge is 2.29. The summed E-state index contributed by atoms with van der Waals surface area (Å²) in [6.07, 6.45) is 1.32. The van der Waals surface area contributed by atoms with Crippen molar-refractivity contribution in [3.8, 4) is 0 Å². The van der Waals surface area contributed by atoms with Gasteiger partial charge in [0.05, 0.1) is 15.6 Å². The Bertz CT molecular complexity index is 1060. The Morgan fingerprint density at radius 3 is 2.33 bits per heavy atom. The van der Waals surface area contributed by atoms with Crippen LogP contribution in [0.5, 0.6) is 0 Å². The standard InChI is InChI=1S/C20H18Cl2N6O2/c21-14-6-7-17(16(22)12-14)25-19-18(28(29)30)20(24-13-23-19)27-10-8-26(9-11-27)15-4-2-1-3-5-15/h1-7,12-13H,8-11H2,(H,23,24,25). The van der Waals surface area contributed by atoms with Gasteiger partial charge in [0.2, 0.25) is 11.6 Å². The number of anilines is 4. The predicted octanol–water partition coefficient (Wildman–Crippen LogP) is 4.76. The lowest BCUT2D eigenvalue weighted by molar-refractivity contribution is -0.383. The number of halogens is 2. The number of rotatable bonds is 5. The van der Waals surface area contributed by atoms with Crippen LogP contribution in [0.1, 0.15) is 0 Å². The first-order chi connectivity index (χ1) is 14.5. The van der Waals surface area contributed by atoms with E-state index in [0.717, 1.165) is 18.8 Å². The van der Waals surface area contributed by atoms with Gasteiger partial charge >= 0.3 is 5.69 Å². The molecule has 3 aromatic rings. The van der Waals surface area contributed by atoms with Gasteiger partial charge < -0.3 is 15.1 Å². The topological polar surface area (TPSA) is 87.4 Å². The molecule has 2 aromatic carbocycles. The van der Waals surface area contributed by atoms with Crippen molar-refractivity contribution >= 4 is 51.9 Å². The molecule has 2 heterocycles. The van der Waals surface area contributed by atoms with Crippen molar-refractivity contribution < 1.29 is 4.92 Å². The van der Waals surface area contributed by atoms with Gasteiger partial charge in [-0.3, -0.25) is 10.1 Å². The molecule has 0 radical (unpaired) electrons. The summed E-state index contributed by atoms with van der Waals surface area (Å²) in [6.45, 7) is 2.68. The number of nitrogens with one attached hydrogen (secondary N) is 1. The van der Waals surface area contributed by atoms with E-state index in [-0.39, 0.29) is 17.3 Å². The van der Waals surface area contributed by atoms with E-state index in [9.17, 15) is 10.1 Å². The Labute approximate surface area is 183 Å². The average Bonchev–Trinajstić information content (AvgIpc) is 2.76. The highest BCUT2D eigenvalue weighted by molar-refractivity contribution is 6.36. The summed E-state index contributed by atoms with van der Waals surface area (Å²) >= 11 is 12.1. The molecule has 0 unspecified atom stereocenters. The second kappa shape index (κ2) is 8.73. The smallest absolute Gasteiger partial charge is 0.353 e. The van der Waals surface area contributed by atoms with Crippen LogP contribution in [0, 0.1) is 10.1 Å². The Kier molecular flexibility index (Phi) is 5.87. The lowest BCUT2D eigenvalue weighted by Gasteiger charge is -2.36. The Morgan fingerprint density at radius 2 is 1.67 bits per heavy atom. The first-order valence-corrected chi connectivity index (χ1v) is 10.0. The summed E-state index contributed by atoms with van der Waals surface area (Å²) < 4.78 is 0. The number of nitro groups is 1. The average molecular weight is 445 g/mol. The van der Waals surface area contributed by atoms with Crippen molar-refractivity contribution in [3.05, 3.63) is 75.0 Å². The van der Waals surface area contributed by atoms with Crippen LogP contribution in [-0.2, 0) is 0 Å². The molecule has 1 saturated heterocycles. The van der Waals surface area contributed by atoms with E-state index in [1.165, 1.54) is 6.33 Å². The Hall–Kier alpha value is -3.10. The van der Waals surface area contributed by atoms with Gasteiger partial charge in [-0.1, -0.05) is 41.4 Å².